The minimum Gasteiger partial charge on any atom is -0.311 e. The molecule has 3 nitrogen and oxygen atoms in total. The van der Waals surface area contributed by atoms with Crippen molar-refractivity contribution < 1.29 is 27.2 Å². The van der Waals surface area contributed by atoms with Crippen molar-refractivity contribution in [1.82, 2.24) is 0 Å². The fraction of sp³-hybridized carbons (Fsp3) is 0.385. The van der Waals surface area contributed by atoms with E-state index >= 15 is 0 Å². The van der Waals surface area contributed by atoms with Gasteiger partial charge in [-0.25, -0.2) is 4.39 Å². The van der Waals surface area contributed by atoms with Gasteiger partial charge in [-0.15, -0.1) is 0 Å². The van der Waals surface area contributed by atoms with Crippen LogP contribution in [0.4, 0.5) is 23.2 Å². The maximum absolute atomic E-state index is 13.2. The lowest BCUT2D eigenvalue weighted by atomic mass is 10.1. The lowest BCUT2D eigenvalue weighted by Crippen LogP contribution is -2.25. The fourth-order valence-electron chi connectivity index (χ4n) is 2.14. The van der Waals surface area contributed by atoms with Crippen molar-refractivity contribution >= 4 is 28.5 Å². The molecule has 0 saturated carbocycles. The van der Waals surface area contributed by atoms with Crippen LogP contribution in [-0.2, 0) is 15.8 Å². The van der Waals surface area contributed by atoms with E-state index in [-0.39, 0.29) is 34.9 Å². The molecule has 1 aliphatic rings. The second-order valence-electron chi connectivity index (χ2n) is 4.60. The van der Waals surface area contributed by atoms with Gasteiger partial charge in [-0.05, 0) is 18.2 Å². The Morgan fingerprint density at radius 2 is 2.05 bits per heavy atom. The Kier molecular flexibility index (Phi) is 4.27. The molecule has 1 saturated heterocycles. The molecule has 0 aromatic heterocycles. The van der Waals surface area contributed by atoms with E-state index in [1.165, 1.54) is 6.92 Å². The largest absolute Gasteiger partial charge is 0.419 e. The number of hydrogen-bond donors (Lipinski definition) is 0. The number of halogens is 4. The molecule has 1 amide bonds. The summed E-state index contributed by atoms with van der Waals surface area (Å²) in [7, 11) is 0. The molecule has 114 valence electrons. The highest BCUT2D eigenvalue weighted by Gasteiger charge is 2.37. The second kappa shape index (κ2) is 5.67. The molecule has 0 aliphatic carbocycles. The third-order valence-corrected chi connectivity index (χ3v) is 3.97. The van der Waals surface area contributed by atoms with Gasteiger partial charge in [-0.2, -0.15) is 13.2 Å². The SMILES string of the molecule is CC(=O)SC1CC(=O)N(c2ccc(F)c(C(F)(F)F)c2)C1. The number of nitrogens with zero attached hydrogens (tertiary/aromatic N) is 1. The van der Waals surface area contributed by atoms with E-state index in [0.717, 1.165) is 22.7 Å². The van der Waals surface area contributed by atoms with Gasteiger partial charge in [-0.3, -0.25) is 9.59 Å². The Morgan fingerprint density at radius 1 is 1.38 bits per heavy atom. The summed E-state index contributed by atoms with van der Waals surface area (Å²) >= 11 is 0.979. The van der Waals surface area contributed by atoms with Crippen LogP contribution in [0.15, 0.2) is 18.2 Å². The Balaban J connectivity index is 2.27. The van der Waals surface area contributed by atoms with Gasteiger partial charge in [0.1, 0.15) is 5.82 Å². The van der Waals surface area contributed by atoms with Crippen molar-refractivity contribution in [2.24, 2.45) is 0 Å². The van der Waals surface area contributed by atoms with Crippen LogP contribution in [0.2, 0.25) is 0 Å². The first-order valence-electron chi connectivity index (χ1n) is 6.03. The van der Waals surface area contributed by atoms with Crippen LogP contribution in [0.25, 0.3) is 0 Å². The number of rotatable bonds is 2. The standard InChI is InChI=1S/C13H11F4NO2S/c1-7(19)21-9-5-12(20)18(6-9)8-2-3-11(14)10(4-8)13(15,16)17/h2-4,9H,5-6H2,1H3. The van der Waals surface area contributed by atoms with Gasteiger partial charge in [0.05, 0.1) is 5.56 Å². The van der Waals surface area contributed by atoms with Crippen LogP contribution in [0, 0.1) is 5.82 Å². The average molecular weight is 321 g/mol. The molecule has 0 N–H and O–H groups in total. The predicted molar refractivity (Wildman–Crippen MR) is 70.4 cm³/mol. The summed E-state index contributed by atoms with van der Waals surface area (Å²) in [6.45, 7) is 1.49. The quantitative estimate of drug-likeness (QED) is 0.785. The first kappa shape index (κ1) is 15.8. The first-order valence-corrected chi connectivity index (χ1v) is 6.91. The summed E-state index contributed by atoms with van der Waals surface area (Å²) in [5.74, 6) is -1.76. The van der Waals surface area contributed by atoms with E-state index in [2.05, 4.69) is 0 Å². The Bertz CT molecular complexity index is 588. The molecule has 1 atom stereocenters. The van der Waals surface area contributed by atoms with Crippen LogP contribution < -0.4 is 4.90 Å². The van der Waals surface area contributed by atoms with Crippen LogP contribution >= 0.6 is 11.8 Å². The zero-order valence-electron chi connectivity index (χ0n) is 10.9. The lowest BCUT2D eigenvalue weighted by Gasteiger charge is -2.18. The van der Waals surface area contributed by atoms with Gasteiger partial charge >= 0.3 is 6.18 Å². The van der Waals surface area contributed by atoms with Crippen molar-refractivity contribution in [2.75, 3.05) is 11.4 Å². The molecule has 0 radical (unpaired) electrons. The van der Waals surface area contributed by atoms with Gasteiger partial charge in [-0.1, -0.05) is 11.8 Å². The molecule has 1 aromatic rings. The number of alkyl halides is 3. The van der Waals surface area contributed by atoms with Crippen LogP contribution in [-0.4, -0.2) is 22.8 Å². The highest BCUT2D eigenvalue weighted by atomic mass is 32.2. The minimum absolute atomic E-state index is 0.0135. The van der Waals surface area contributed by atoms with E-state index in [1.807, 2.05) is 0 Å². The van der Waals surface area contributed by atoms with E-state index in [0.29, 0.717) is 12.1 Å². The van der Waals surface area contributed by atoms with Crippen LogP contribution in [0.5, 0.6) is 0 Å². The fourth-order valence-corrected chi connectivity index (χ4v) is 3.06. The number of benzene rings is 1. The van der Waals surface area contributed by atoms with Crippen molar-refractivity contribution in [3.63, 3.8) is 0 Å². The van der Waals surface area contributed by atoms with Crippen molar-refractivity contribution in [3.05, 3.63) is 29.6 Å². The zero-order valence-corrected chi connectivity index (χ0v) is 11.7. The molecular weight excluding hydrogens is 310 g/mol. The maximum atomic E-state index is 13.2. The van der Waals surface area contributed by atoms with Gasteiger partial charge in [0.2, 0.25) is 5.91 Å². The molecule has 1 unspecified atom stereocenters. The lowest BCUT2D eigenvalue weighted by molar-refractivity contribution is -0.140. The molecule has 2 rings (SSSR count). The molecule has 1 aromatic carbocycles. The first-order chi connectivity index (χ1) is 9.68. The highest BCUT2D eigenvalue weighted by Crippen LogP contribution is 2.35. The number of carbonyl (C=O) groups excluding carboxylic acids is 2. The van der Waals surface area contributed by atoms with Gasteiger partial charge in [0, 0.05) is 30.8 Å². The molecular formula is C13H11F4NO2S. The van der Waals surface area contributed by atoms with E-state index in [4.69, 9.17) is 0 Å². The minimum atomic E-state index is -4.82. The summed E-state index contributed by atoms with van der Waals surface area (Å²) in [6, 6.07) is 2.44. The van der Waals surface area contributed by atoms with Gasteiger partial charge in [0.25, 0.3) is 0 Å². The van der Waals surface area contributed by atoms with Gasteiger partial charge in [0.15, 0.2) is 5.12 Å². The molecule has 8 heteroatoms. The van der Waals surface area contributed by atoms with E-state index in [1.54, 1.807) is 0 Å². The maximum Gasteiger partial charge on any atom is 0.419 e. The Hall–Kier alpha value is -1.57. The van der Waals surface area contributed by atoms with Crippen molar-refractivity contribution in [2.45, 2.75) is 24.8 Å². The summed E-state index contributed by atoms with van der Waals surface area (Å²) in [4.78, 5) is 24.0. The van der Waals surface area contributed by atoms with Crippen LogP contribution in [0.3, 0.4) is 0 Å². The number of amides is 1. The number of anilines is 1. The number of thioether (sulfide) groups is 1. The zero-order chi connectivity index (χ0) is 15.8. The Morgan fingerprint density at radius 3 is 2.62 bits per heavy atom. The third kappa shape index (κ3) is 3.55. The van der Waals surface area contributed by atoms with Gasteiger partial charge < -0.3 is 4.90 Å². The monoisotopic (exact) mass is 321 g/mol. The summed E-state index contributed by atoms with van der Waals surface area (Å²) < 4.78 is 51.2. The normalized spacial score (nSPS) is 19.2. The smallest absolute Gasteiger partial charge is 0.311 e. The molecule has 21 heavy (non-hydrogen) atoms. The van der Waals surface area contributed by atoms with E-state index < -0.39 is 17.6 Å². The van der Waals surface area contributed by atoms with Crippen molar-refractivity contribution in [3.8, 4) is 0 Å². The highest BCUT2D eigenvalue weighted by molar-refractivity contribution is 8.14. The summed E-state index contributed by atoms with van der Waals surface area (Å²) in [5, 5.41) is -0.459. The second-order valence-corrected chi connectivity index (χ2v) is 6.08. The van der Waals surface area contributed by atoms with Crippen molar-refractivity contribution in [1.29, 1.82) is 0 Å². The average Bonchev–Trinajstić information content (AvgIpc) is 2.68. The molecule has 0 bridgehead atoms. The number of hydrogen-bond acceptors (Lipinski definition) is 3. The third-order valence-electron chi connectivity index (χ3n) is 2.99. The molecule has 1 heterocycles. The summed E-state index contributed by atoms with van der Waals surface area (Å²) in [5.41, 5.74) is -1.42. The Labute approximate surface area is 122 Å². The predicted octanol–water partition coefficient (Wildman–Crippen LogP) is 3.23. The molecule has 1 fully saturated rings. The van der Waals surface area contributed by atoms with Crippen LogP contribution in [0.1, 0.15) is 18.9 Å². The molecule has 0 spiro atoms. The van der Waals surface area contributed by atoms with E-state index in [9.17, 15) is 27.2 Å². The molecule has 1 aliphatic heterocycles. The number of carbonyl (C=O) groups is 2. The topological polar surface area (TPSA) is 37.4 Å². The summed E-state index contributed by atoms with van der Waals surface area (Å²) in [6.07, 6.45) is -4.75.